The summed E-state index contributed by atoms with van der Waals surface area (Å²) >= 11 is 6.10. The molecule has 0 radical (unpaired) electrons. The van der Waals surface area contributed by atoms with Gasteiger partial charge < -0.3 is 4.90 Å². The Morgan fingerprint density at radius 2 is 2.09 bits per heavy atom. The van der Waals surface area contributed by atoms with Gasteiger partial charge in [-0.25, -0.2) is 13.8 Å². The summed E-state index contributed by atoms with van der Waals surface area (Å²) in [6, 6.07) is 4.00. The topological polar surface area (TPSA) is 93.4 Å². The number of alkyl halides is 2. The third-order valence-corrected chi connectivity index (χ3v) is 5.43. The summed E-state index contributed by atoms with van der Waals surface area (Å²) in [5, 5.41) is 23.2. The monoisotopic (exact) mass is 451 g/mol. The molecule has 1 fully saturated rings. The van der Waals surface area contributed by atoms with Crippen molar-refractivity contribution in [1.29, 1.82) is 10.5 Å². The maximum atomic E-state index is 13.6. The van der Waals surface area contributed by atoms with E-state index in [0.29, 0.717) is 46.5 Å². The van der Waals surface area contributed by atoms with E-state index in [1.54, 1.807) is 31.2 Å². The summed E-state index contributed by atoms with van der Waals surface area (Å²) in [5.41, 5.74) is 1.59. The van der Waals surface area contributed by atoms with Gasteiger partial charge >= 0.3 is 0 Å². The number of aliphatic imine (C=N–C) groups is 1. The molecule has 0 spiro atoms. The molecule has 0 aromatic carbocycles. The predicted octanol–water partition coefficient (Wildman–Crippen LogP) is 4.47. The average Bonchev–Trinajstić information content (AvgIpc) is 3.09. The normalized spacial score (nSPS) is 18.7. The summed E-state index contributed by atoms with van der Waals surface area (Å²) < 4.78 is 28.4. The van der Waals surface area contributed by atoms with Crippen molar-refractivity contribution in [3.63, 3.8) is 0 Å². The maximum Gasteiger partial charge on any atom is 0.283 e. The molecular formula is C22H16ClF2N7. The molecular weight excluding hydrogens is 436 g/mol. The fourth-order valence-corrected chi connectivity index (χ4v) is 3.81. The summed E-state index contributed by atoms with van der Waals surface area (Å²) in [5.74, 6) is 0.302. The van der Waals surface area contributed by atoms with E-state index in [9.17, 15) is 19.3 Å². The fraction of sp³-hybridized carbons (Fsp3) is 0.227. The van der Waals surface area contributed by atoms with Crippen molar-refractivity contribution in [2.45, 2.75) is 13.3 Å². The van der Waals surface area contributed by atoms with Crippen LogP contribution in [0.15, 0.2) is 46.6 Å². The molecule has 160 valence electrons. The van der Waals surface area contributed by atoms with Gasteiger partial charge in [-0.3, -0.25) is 4.99 Å². The van der Waals surface area contributed by atoms with Gasteiger partial charge in [0, 0.05) is 35.5 Å². The summed E-state index contributed by atoms with van der Waals surface area (Å²) in [6.45, 7) is 6.17. The average molecular weight is 452 g/mol. The van der Waals surface area contributed by atoms with Crippen molar-refractivity contribution < 1.29 is 8.78 Å². The highest BCUT2D eigenvalue weighted by molar-refractivity contribution is 6.35. The van der Waals surface area contributed by atoms with Crippen molar-refractivity contribution in [3.05, 3.63) is 64.1 Å². The third kappa shape index (κ3) is 3.57. The highest BCUT2D eigenvalue weighted by atomic mass is 35.5. The van der Waals surface area contributed by atoms with Gasteiger partial charge in [-0.1, -0.05) is 24.3 Å². The number of halogens is 3. The largest absolute Gasteiger partial charge is 0.353 e. The molecule has 2 aromatic rings. The number of hydrogen-bond donors (Lipinski definition) is 0. The first kappa shape index (κ1) is 21.4. The van der Waals surface area contributed by atoms with E-state index < -0.39 is 12.1 Å². The quantitative estimate of drug-likeness (QED) is 0.683. The number of anilines is 1. The molecule has 0 N–H and O–H groups in total. The number of aromatic nitrogens is 3. The minimum absolute atomic E-state index is 0.0555. The molecule has 10 heteroatoms. The van der Waals surface area contributed by atoms with Crippen LogP contribution < -0.4 is 4.90 Å². The third-order valence-electron chi connectivity index (χ3n) is 5.20. The number of fused-ring (bicyclic) bond motifs is 1. The smallest absolute Gasteiger partial charge is 0.283 e. The highest BCUT2D eigenvalue weighted by Crippen LogP contribution is 2.35. The van der Waals surface area contributed by atoms with E-state index >= 15 is 0 Å². The lowest BCUT2D eigenvalue weighted by Gasteiger charge is -2.38. The Morgan fingerprint density at radius 1 is 1.34 bits per heavy atom. The second-order valence-electron chi connectivity index (χ2n) is 7.23. The lowest BCUT2D eigenvalue weighted by molar-refractivity contribution is 0.145. The zero-order valence-corrected chi connectivity index (χ0v) is 17.7. The van der Waals surface area contributed by atoms with Gasteiger partial charge in [0.2, 0.25) is 0 Å². The number of hydrogen-bond acceptors (Lipinski definition) is 6. The lowest BCUT2D eigenvalue weighted by Crippen LogP contribution is -2.47. The minimum atomic E-state index is -2.93. The molecule has 0 bridgehead atoms. The number of nitrogens with zero attached hydrogens (tertiary/aromatic N) is 7. The molecule has 2 aromatic heterocycles. The molecule has 0 atom stereocenters. The number of allylic oxidation sites excluding steroid dienone is 5. The van der Waals surface area contributed by atoms with E-state index in [-0.39, 0.29) is 17.1 Å². The molecule has 0 amide bonds. The van der Waals surface area contributed by atoms with Crippen LogP contribution in [0.25, 0.3) is 11.7 Å². The van der Waals surface area contributed by atoms with Crippen LogP contribution in [-0.2, 0) is 0 Å². The molecule has 4 rings (SSSR count). The Morgan fingerprint density at radius 3 is 2.72 bits per heavy atom. The van der Waals surface area contributed by atoms with E-state index in [4.69, 9.17) is 11.6 Å². The van der Waals surface area contributed by atoms with E-state index in [1.165, 1.54) is 10.7 Å². The van der Waals surface area contributed by atoms with Gasteiger partial charge in [0.1, 0.15) is 23.1 Å². The van der Waals surface area contributed by atoms with Crippen molar-refractivity contribution in [3.8, 4) is 12.1 Å². The van der Waals surface area contributed by atoms with Crippen LogP contribution in [0.3, 0.4) is 0 Å². The molecule has 1 aliphatic carbocycles. The summed E-state index contributed by atoms with van der Waals surface area (Å²) in [6.07, 6.45) is 5.45. The second kappa shape index (κ2) is 8.37. The van der Waals surface area contributed by atoms with Gasteiger partial charge in [-0.05, 0) is 25.2 Å². The van der Waals surface area contributed by atoms with E-state index in [2.05, 4.69) is 27.7 Å². The van der Waals surface area contributed by atoms with Gasteiger partial charge in [-0.2, -0.15) is 20.1 Å². The Kier molecular flexibility index (Phi) is 5.60. The van der Waals surface area contributed by atoms with Crippen molar-refractivity contribution in [2.75, 3.05) is 18.0 Å². The van der Waals surface area contributed by atoms with Crippen LogP contribution >= 0.6 is 11.6 Å². The van der Waals surface area contributed by atoms with Gasteiger partial charge in [0.15, 0.2) is 5.65 Å². The minimum Gasteiger partial charge on any atom is -0.353 e. The van der Waals surface area contributed by atoms with Gasteiger partial charge in [0.25, 0.3) is 6.43 Å². The first-order valence-corrected chi connectivity index (χ1v) is 9.97. The molecule has 0 unspecified atom stereocenters. The standard InChI is InChI=1S/C22H16ClF2N7/c1-3-28-18-7-15(23)5-4-14(18)6-16-12(2)29-21-17(9-27)19(20(24)25)30-32(21)22(16)31-10-13(8-26)11-31/h3-7,13,20H,1,10-11H2,2H3/b14-6+,28-18?. The molecule has 7 nitrogen and oxygen atoms in total. The SMILES string of the molecule is C=CN=C1C=C(Cl)C=C/C1=C\c1c(C)nc2c(C#N)c(C(F)F)nn2c1N1CC(C#N)C1. The number of nitriles is 2. The van der Waals surface area contributed by atoms with Gasteiger partial charge in [0.05, 0.1) is 23.4 Å². The first-order chi connectivity index (χ1) is 15.4. The van der Waals surface area contributed by atoms with Gasteiger partial charge in [-0.15, -0.1) is 0 Å². The molecule has 2 aliphatic rings. The first-order valence-electron chi connectivity index (χ1n) is 9.60. The Balaban J connectivity index is 1.99. The lowest BCUT2D eigenvalue weighted by atomic mass is 9.98. The predicted molar refractivity (Wildman–Crippen MR) is 117 cm³/mol. The van der Waals surface area contributed by atoms with Crippen molar-refractivity contribution in [1.82, 2.24) is 14.6 Å². The number of rotatable bonds is 4. The molecule has 3 heterocycles. The fourth-order valence-electron chi connectivity index (χ4n) is 3.64. The zero-order valence-electron chi connectivity index (χ0n) is 16.9. The Hall–Kier alpha value is -3.82. The highest BCUT2D eigenvalue weighted by Gasteiger charge is 2.33. The van der Waals surface area contributed by atoms with Crippen molar-refractivity contribution in [2.24, 2.45) is 10.9 Å². The van der Waals surface area contributed by atoms with Crippen LogP contribution in [0.2, 0.25) is 0 Å². The maximum absolute atomic E-state index is 13.6. The zero-order chi connectivity index (χ0) is 23.0. The van der Waals surface area contributed by atoms with Crippen LogP contribution in [0.4, 0.5) is 14.6 Å². The Bertz CT molecular complexity index is 1330. The summed E-state index contributed by atoms with van der Waals surface area (Å²) in [7, 11) is 0. The van der Waals surface area contributed by atoms with E-state index in [0.717, 1.165) is 0 Å². The molecule has 1 aliphatic heterocycles. The van der Waals surface area contributed by atoms with Crippen molar-refractivity contribution >= 4 is 34.9 Å². The van der Waals surface area contributed by atoms with E-state index in [1.807, 2.05) is 11.0 Å². The van der Waals surface area contributed by atoms with Crippen LogP contribution in [0, 0.1) is 35.5 Å². The summed E-state index contributed by atoms with van der Waals surface area (Å²) in [4.78, 5) is 10.5. The molecule has 0 saturated carbocycles. The van der Waals surface area contributed by atoms with Crippen LogP contribution in [-0.4, -0.2) is 33.4 Å². The second-order valence-corrected chi connectivity index (χ2v) is 7.67. The van der Waals surface area contributed by atoms with Crippen LogP contribution in [0.1, 0.15) is 28.9 Å². The number of aryl methyl sites for hydroxylation is 1. The van der Waals surface area contributed by atoms with Crippen LogP contribution in [0.5, 0.6) is 0 Å². The molecule has 1 saturated heterocycles. The molecule has 32 heavy (non-hydrogen) atoms. The Labute approximate surface area is 187 Å².